The fourth-order valence-electron chi connectivity index (χ4n) is 11.1. The number of fused-ring (bicyclic) bond motifs is 18. The van der Waals surface area contributed by atoms with Crippen molar-refractivity contribution in [3.05, 3.63) is 182 Å². The average molecular weight is 747 g/mol. The Hall–Kier alpha value is -7.95. The summed E-state index contributed by atoms with van der Waals surface area (Å²) in [6.07, 6.45) is 0. The monoisotopic (exact) mass is 746 g/mol. The molecule has 0 atom stereocenters. The first-order valence-corrected chi connectivity index (χ1v) is 20.4. The molecule has 0 aliphatic carbocycles. The van der Waals surface area contributed by atoms with Crippen LogP contribution in [-0.2, 0) is 0 Å². The molecular formula is C55H30N4. The molecule has 4 nitrogen and oxygen atoms in total. The van der Waals surface area contributed by atoms with Crippen LogP contribution in [0.3, 0.4) is 0 Å². The summed E-state index contributed by atoms with van der Waals surface area (Å²) in [5.74, 6) is 0. The zero-order chi connectivity index (χ0) is 38.1. The summed E-state index contributed by atoms with van der Waals surface area (Å²) < 4.78 is 7.38. The fourth-order valence-corrected chi connectivity index (χ4v) is 11.1. The number of pyridine rings is 1. The zero-order valence-corrected chi connectivity index (χ0v) is 31.6. The minimum Gasteiger partial charge on any atom is -0.309 e. The molecule has 270 valence electrons. The third-order valence-corrected chi connectivity index (χ3v) is 13.4. The number of nitrogens with zero attached hydrogens (tertiary/aromatic N) is 4. The quantitative estimate of drug-likeness (QED) is 0.173. The van der Waals surface area contributed by atoms with Crippen LogP contribution >= 0.6 is 0 Å². The number of para-hydroxylation sites is 4. The van der Waals surface area contributed by atoms with Gasteiger partial charge in [-0.3, -0.25) is 4.40 Å². The number of hydrogen-bond donors (Lipinski definition) is 0. The molecule has 4 heteroatoms. The molecule has 9 aromatic carbocycles. The van der Waals surface area contributed by atoms with E-state index in [-0.39, 0.29) is 0 Å². The Kier molecular flexibility index (Phi) is 5.38. The normalized spacial score (nSPS) is 12.7. The molecular weight excluding hydrogens is 717 g/mol. The zero-order valence-electron chi connectivity index (χ0n) is 31.6. The molecule has 0 bridgehead atoms. The summed E-state index contributed by atoms with van der Waals surface area (Å²) in [6, 6.07) is 67.3. The average Bonchev–Trinajstić information content (AvgIpc) is 4.08. The Morgan fingerprint density at radius 3 is 1.76 bits per heavy atom. The van der Waals surface area contributed by atoms with Gasteiger partial charge in [-0.15, -0.1) is 0 Å². The van der Waals surface area contributed by atoms with E-state index in [9.17, 15) is 0 Å². The van der Waals surface area contributed by atoms with Gasteiger partial charge in [-0.25, -0.2) is 4.98 Å². The van der Waals surface area contributed by atoms with Crippen LogP contribution in [-0.4, -0.2) is 18.4 Å². The molecule has 6 aromatic heterocycles. The lowest BCUT2D eigenvalue weighted by Gasteiger charge is -2.12. The van der Waals surface area contributed by atoms with E-state index in [2.05, 4.69) is 195 Å². The van der Waals surface area contributed by atoms with Crippen molar-refractivity contribution in [1.82, 2.24) is 18.4 Å². The van der Waals surface area contributed by atoms with Crippen LogP contribution in [0.1, 0.15) is 0 Å². The Bertz CT molecular complexity index is 4300. The van der Waals surface area contributed by atoms with E-state index in [0.29, 0.717) is 0 Å². The Morgan fingerprint density at radius 1 is 0.339 bits per heavy atom. The maximum absolute atomic E-state index is 5.78. The standard InChI is InChI=1S/C55H30N4/c1-2-15-34(16-3-1)57-45-23-10-9-20-38(45)41-29-33(25-26-47(41)57)49-35-17-6-4-13-31(35)27-42-43-28-32-14-5-7-18-36(32)50-51-48(58(53(42)49)54(43)50)30-44-40-22-12-21-39-37-19-8-11-24-46(37)59(52(39)40)55(44)56-51/h1-30H. The number of hydrogen-bond acceptors (Lipinski definition) is 1. The Balaban J connectivity index is 1.16. The molecule has 59 heavy (non-hydrogen) atoms. The highest BCUT2D eigenvalue weighted by molar-refractivity contribution is 6.35. The van der Waals surface area contributed by atoms with Gasteiger partial charge in [0.15, 0.2) is 0 Å². The van der Waals surface area contributed by atoms with Crippen molar-refractivity contribution < 1.29 is 0 Å². The largest absolute Gasteiger partial charge is 0.309 e. The van der Waals surface area contributed by atoms with E-state index in [0.717, 1.165) is 22.4 Å². The molecule has 0 aliphatic heterocycles. The molecule has 0 radical (unpaired) electrons. The Labute approximate surface area is 335 Å². The van der Waals surface area contributed by atoms with Crippen LogP contribution in [0.2, 0.25) is 0 Å². The van der Waals surface area contributed by atoms with E-state index >= 15 is 0 Å². The maximum Gasteiger partial charge on any atom is 0.146 e. The topological polar surface area (TPSA) is 26.6 Å². The molecule has 0 saturated carbocycles. The van der Waals surface area contributed by atoms with Crippen molar-refractivity contribution in [2.45, 2.75) is 0 Å². The van der Waals surface area contributed by atoms with E-state index in [1.54, 1.807) is 0 Å². The fraction of sp³-hybridized carbons (Fsp3) is 0. The highest BCUT2D eigenvalue weighted by Gasteiger charge is 2.27. The van der Waals surface area contributed by atoms with Gasteiger partial charge >= 0.3 is 0 Å². The van der Waals surface area contributed by atoms with Gasteiger partial charge in [0.05, 0.1) is 44.1 Å². The van der Waals surface area contributed by atoms with E-state index in [1.807, 2.05) is 0 Å². The highest BCUT2D eigenvalue weighted by atomic mass is 15.0. The Morgan fingerprint density at radius 2 is 0.949 bits per heavy atom. The minimum absolute atomic E-state index is 1.01. The van der Waals surface area contributed by atoms with Crippen LogP contribution in [0, 0.1) is 0 Å². The van der Waals surface area contributed by atoms with Crippen molar-refractivity contribution in [1.29, 1.82) is 0 Å². The maximum atomic E-state index is 5.78. The van der Waals surface area contributed by atoms with Crippen LogP contribution in [0.5, 0.6) is 0 Å². The van der Waals surface area contributed by atoms with Gasteiger partial charge in [-0.2, -0.15) is 0 Å². The van der Waals surface area contributed by atoms with Crippen molar-refractivity contribution in [3.8, 4) is 16.8 Å². The second-order valence-corrected chi connectivity index (χ2v) is 16.3. The minimum atomic E-state index is 1.01. The van der Waals surface area contributed by atoms with Crippen molar-refractivity contribution in [2.24, 2.45) is 0 Å². The smallest absolute Gasteiger partial charge is 0.146 e. The molecule has 0 amide bonds. The highest BCUT2D eigenvalue weighted by Crippen LogP contribution is 2.49. The number of rotatable bonds is 2. The molecule has 0 spiro atoms. The van der Waals surface area contributed by atoms with Gasteiger partial charge in [0.25, 0.3) is 0 Å². The van der Waals surface area contributed by atoms with Crippen molar-refractivity contribution in [2.75, 3.05) is 0 Å². The molecule has 0 N–H and O–H groups in total. The number of aromatic nitrogens is 4. The first-order chi connectivity index (χ1) is 29.3. The van der Waals surface area contributed by atoms with E-state index in [1.165, 1.54) is 114 Å². The molecule has 0 fully saturated rings. The molecule has 15 rings (SSSR count). The van der Waals surface area contributed by atoms with E-state index in [4.69, 9.17) is 4.98 Å². The van der Waals surface area contributed by atoms with Crippen molar-refractivity contribution in [3.63, 3.8) is 0 Å². The summed E-state index contributed by atoms with van der Waals surface area (Å²) in [6.45, 7) is 0. The second-order valence-electron chi connectivity index (χ2n) is 16.3. The first kappa shape index (κ1) is 30.2. The second kappa shape index (κ2) is 10.5. The summed E-state index contributed by atoms with van der Waals surface area (Å²) in [7, 11) is 0. The number of benzene rings is 9. The molecule has 15 aromatic rings. The van der Waals surface area contributed by atoms with Gasteiger partial charge in [0, 0.05) is 59.7 Å². The summed E-state index contributed by atoms with van der Waals surface area (Å²) in [5.41, 5.74) is 14.1. The third kappa shape index (κ3) is 3.60. The lowest BCUT2D eigenvalue weighted by atomic mass is 9.93. The summed E-state index contributed by atoms with van der Waals surface area (Å²) in [4.78, 5) is 5.78. The lowest BCUT2D eigenvalue weighted by Crippen LogP contribution is -1.93. The predicted molar refractivity (Wildman–Crippen MR) is 248 cm³/mol. The van der Waals surface area contributed by atoms with Crippen LogP contribution in [0.15, 0.2) is 182 Å². The molecule has 0 unspecified atom stereocenters. The lowest BCUT2D eigenvalue weighted by molar-refractivity contribution is 1.18. The SMILES string of the molecule is c1ccc(-n2c3ccccc3c3cc(-c4c5ccccc5cc5c6cc7ccccc7c7c8nc9c(cc8n(c45)c67)c4cccc5c6ccccc6n9c54)ccc32)cc1. The van der Waals surface area contributed by atoms with Gasteiger partial charge in [-0.05, 0) is 81.7 Å². The van der Waals surface area contributed by atoms with Gasteiger partial charge in [0.1, 0.15) is 5.65 Å². The first-order valence-electron chi connectivity index (χ1n) is 20.4. The van der Waals surface area contributed by atoms with Crippen LogP contribution < -0.4 is 0 Å². The van der Waals surface area contributed by atoms with Gasteiger partial charge in [-0.1, -0.05) is 127 Å². The van der Waals surface area contributed by atoms with Gasteiger partial charge in [0.2, 0.25) is 0 Å². The van der Waals surface area contributed by atoms with Gasteiger partial charge < -0.3 is 8.97 Å². The third-order valence-electron chi connectivity index (χ3n) is 13.4. The van der Waals surface area contributed by atoms with E-state index < -0.39 is 0 Å². The van der Waals surface area contributed by atoms with Crippen molar-refractivity contribution >= 4 is 120 Å². The molecule has 0 aliphatic rings. The molecule has 0 saturated heterocycles. The summed E-state index contributed by atoms with van der Waals surface area (Å²) >= 11 is 0. The summed E-state index contributed by atoms with van der Waals surface area (Å²) in [5, 5.41) is 16.1. The predicted octanol–water partition coefficient (Wildman–Crippen LogP) is 14.5. The molecule has 6 heterocycles. The van der Waals surface area contributed by atoms with Crippen LogP contribution in [0.4, 0.5) is 0 Å². The van der Waals surface area contributed by atoms with Crippen LogP contribution in [0.25, 0.3) is 137 Å².